The van der Waals surface area contributed by atoms with Crippen molar-refractivity contribution in [2.75, 3.05) is 0 Å². The standard InChI is InChI=1S/C10H16O4.C5H7NO3.C5H6O5/c1-9(2)6(7(11)12)4-5-10(9,3)8(13)14;7-4-2-1-3(6-4)5(8)9;6-3(5(9)10)1-2-4(7)8/h6H,4-5H2,1-3H3,(H,11,12)(H,13,14);3H,1-2H2,(H,6,7)(H,8,9);1-2H2,(H,7,8)(H,9,10)/t;3-;/m.0./s1. The van der Waals surface area contributed by atoms with E-state index in [4.69, 9.17) is 25.5 Å². The smallest absolute Gasteiger partial charge is 0.372 e. The number of Topliss-reactive ketones (excluding diaryl/α,β-unsaturated/α-hetero) is 1. The lowest BCUT2D eigenvalue weighted by atomic mass is 9.66. The summed E-state index contributed by atoms with van der Waals surface area (Å²) in [4.78, 5) is 72.3. The molecule has 13 heteroatoms. The maximum atomic E-state index is 11.1. The molecule has 0 aromatic heterocycles. The first kappa shape index (κ1) is 29.5. The van der Waals surface area contributed by atoms with Crippen LogP contribution < -0.4 is 5.32 Å². The molecule has 1 saturated carbocycles. The first-order chi connectivity index (χ1) is 15.0. The van der Waals surface area contributed by atoms with Crippen molar-refractivity contribution in [3.8, 4) is 0 Å². The number of hydrogen-bond donors (Lipinski definition) is 6. The van der Waals surface area contributed by atoms with E-state index < -0.39 is 71.3 Å². The van der Waals surface area contributed by atoms with Gasteiger partial charge in [-0.2, -0.15) is 0 Å². The second kappa shape index (κ2) is 11.9. The average molecular weight is 475 g/mol. The molecule has 0 bridgehead atoms. The van der Waals surface area contributed by atoms with Crippen LogP contribution in [0.4, 0.5) is 0 Å². The molecule has 6 N–H and O–H groups in total. The number of carboxylic acids is 5. The van der Waals surface area contributed by atoms with Crippen molar-refractivity contribution >= 4 is 41.5 Å². The SMILES string of the molecule is CC1(C(=O)O)CCC(C(=O)O)C1(C)C.O=C(O)CCC(=O)C(=O)O.O=C1CC[C@@H](C(=O)O)N1. The molecule has 1 aliphatic heterocycles. The zero-order chi connectivity index (χ0) is 26.1. The summed E-state index contributed by atoms with van der Waals surface area (Å²) in [6.45, 7) is 5.10. The van der Waals surface area contributed by atoms with Crippen LogP contribution in [0.25, 0.3) is 0 Å². The average Bonchev–Trinajstić information content (AvgIpc) is 3.22. The Morgan fingerprint density at radius 1 is 0.879 bits per heavy atom. The van der Waals surface area contributed by atoms with E-state index in [-0.39, 0.29) is 5.91 Å². The number of aliphatic carboxylic acids is 5. The van der Waals surface area contributed by atoms with Gasteiger partial charge in [-0.1, -0.05) is 13.8 Å². The van der Waals surface area contributed by atoms with Crippen molar-refractivity contribution in [2.45, 2.75) is 65.3 Å². The molecule has 0 spiro atoms. The van der Waals surface area contributed by atoms with Gasteiger partial charge in [-0.15, -0.1) is 0 Å². The summed E-state index contributed by atoms with van der Waals surface area (Å²) >= 11 is 0. The van der Waals surface area contributed by atoms with Gasteiger partial charge in [-0.25, -0.2) is 9.59 Å². The van der Waals surface area contributed by atoms with Crippen molar-refractivity contribution in [1.82, 2.24) is 5.32 Å². The van der Waals surface area contributed by atoms with Gasteiger partial charge in [0, 0.05) is 12.8 Å². The summed E-state index contributed by atoms with van der Waals surface area (Å²) in [6, 6.07) is -0.641. The van der Waals surface area contributed by atoms with Crippen LogP contribution in [0, 0.1) is 16.7 Å². The number of amides is 1. The van der Waals surface area contributed by atoms with Crippen LogP contribution in [0.5, 0.6) is 0 Å². The molecule has 1 aliphatic carbocycles. The third kappa shape index (κ3) is 8.16. The zero-order valence-electron chi connectivity index (χ0n) is 18.5. The van der Waals surface area contributed by atoms with Gasteiger partial charge in [-0.05, 0) is 31.6 Å². The van der Waals surface area contributed by atoms with Gasteiger partial charge < -0.3 is 30.8 Å². The number of carbonyl (C=O) groups is 7. The predicted octanol–water partition coefficient (Wildman–Crippen LogP) is 0.453. The Bertz CT molecular complexity index is 818. The molecule has 2 rings (SSSR count). The lowest BCUT2D eigenvalue weighted by molar-refractivity contribution is -0.158. The molecule has 0 aromatic rings. The zero-order valence-corrected chi connectivity index (χ0v) is 18.5. The van der Waals surface area contributed by atoms with Crippen molar-refractivity contribution in [1.29, 1.82) is 0 Å². The number of nitrogens with one attached hydrogen (secondary N) is 1. The predicted molar refractivity (Wildman–Crippen MR) is 108 cm³/mol. The minimum absolute atomic E-state index is 0.164. The number of hydrogen-bond acceptors (Lipinski definition) is 7. The van der Waals surface area contributed by atoms with E-state index in [0.717, 1.165) is 0 Å². The van der Waals surface area contributed by atoms with E-state index in [9.17, 15) is 33.6 Å². The van der Waals surface area contributed by atoms with E-state index in [1.807, 2.05) is 0 Å². The van der Waals surface area contributed by atoms with E-state index in [1.54, 1.807) is 20.8 Å². The highest BCUT2D eigenvalue weighted by Gasteiger charge is 2.58. The van der Waals surface area contributed by atoms with Gasteiger partial charge >= 0.3 is 29.8 Å². The Morgan fingerprint density at radius 2 is 1.42 bits per heavy atom. The number of carbonyl (C=O) groups excluding carboxylic acids is 2. The fourth-order valence-corrected chi connectivity index (χ4v) is 3.44. The Labute approximate surface area is 188 Å². The van der Waals surface area contributed by atoms with Gasteiger partial charge in [0.2, 0.25) is 11.7 Å². The number of ketones is 1. The van der Waals surface area contributed by atoms with E-state index in [1.165, 1.54) is 0 Å². The molecule has 33 heavy (non-hydrogen) atoms. The van der Waals surface area contributed by atoms with Crippen LogP contribution in [0.3, 0.4) is 0 Å². The molecule has 0 aromatic carbocycles. The minimum Gasteiger partial charge on any atom is -0.481 e. The van der Waals surface area contributed by atoms with Crippen LogP contribution >= 0.6 is 0 Å². The lowest BCUT2D eigenvalue weighted by Gasteiger charge is -2.36. The fourth-order valence-electron chi connectivity index (χ4n) is 3.44. The number of carboxylic acid groups (broad SMARTS) is 5. The van der Waals surface area contributed by atoms with Crippen molar-refractivity contribution < 1.29 is 59.1 Å². The number of rotatable bonds is 7. The molecule has 1 heterocycles. The van der Waals surface area contributed by atoms with Gasteiger partial charge in [0.1, 0.15) is 6.04 Å². The molecule has 2 unspecified atom stereocenters. The van der Waals surface area contributed by atoms with Crippen LogP contribution in [-0.2, 0) is 33.6 Å². The first-order valence-electron chi connectivity index (χ1n) is 9.93. The van der Waals surface area contributed by atoms with E-state index in [0.29, 0.717) is 25.7 Å². The van der Waals surface area contributed by atoms with Gasteiger partial charge in [0.25, 0.3) is 0 Å². The lowest BCUT2D eigenvalue weighted by Crippen LogP contribution is -2.42. The second-order valence-electron chi connectivity index (χ2n) is 8.41. The monoisotopic (exact) mass is 475 g/mol. The molecule has 186 valence electrons. The first-order valence-corrected chi connectivity index (χ1v) is 9.93. The third-order valence-corrected chi connectivity index (χ3v) is 6.09. The molecule has 1 amide bonds. The largest absolute Gasteiger partial charge is 0.481 e. The highest BCUT2D eigenvalue weighted by Crippen LogP contribution is 2.56. The molecule has 2 aliphatic rings. The van der Waals surface area contributed by atoms with E-state index in [2.05, 4.69) is 5.32 Å². The topological polar surface area (TPSA) is 233 Å². The van der Waals surface area contributed by atoms with Gasteiger partial charge in [-0.3, -0.25) is 24.0 Å². The molecule has 13 nitrogen and oxygen atoms in total. The molecule has 2 fully saturated rings. The molecular weight excluding hydrogens is 446 g/mol. The quantitative estimate of drug-likeness (QED) is 0.275. The molecule has 0 radical (unpaired) electrons. The highest BCUT2D eigenvalue weighted by molar-refractivity contribution is 6.32. The maximum Gasteiger partial charge on any atom is 0.372 e. The fraction of sp³-hybridized carbons (Fsp3) is 0.650. The molecule has 3 atom stereocenters. The third-order valence-electron chi connectivity index (χ3n) is 6.09. The summed E-state index contributed by atoms with van der Waals surface area (Å²) in [5.74, 6) is -7.27. The summed E-state index contributed by atoms with van der Waals surface area (Å²) < 4.78 is 0. The Balaban J connectivity index is 0.000000481. The van der Waals surface area contributed by atoms with Gasteiger partial charge in [0.05, 0.1) is 17.8 Å². The molecule has 1 saturated heterocycles. The highest BCUT2D eigenvalue weighted by atomic mass is 16.4. The summed E-state index contributed by atoms with van der Waals surface area (Å²) in [6.07, 6.45) is 0.790. The molecular formula is C20H29NO12. The Kier molecular flexibility index (Phi) is 10.7. The second-order valence-corrected chi connectivity index (χ2v) is 8.41. The summed E-state index contributed by atoms with van der Waals surface area (Å²) in [7, 11) is 0. The van der Waals surface area contributed by atoms with E-state index >= 15 is 0 Å². The Hall–Kier alpha value is -3.51. The summed E-state index contributed by atoms with van der Waals surface area (Å²) in [5.41, 5.74) is -1.61. The van der Waals surface area contributed by atoms with Crippen molar-refractivity contribution in [3.63, 3.8) is 0 Å². The summed E-state index contributed by atoms with van der Waals surface area (Å²) in [5, 5.41) is 44.7. The minimum atomic E-state index is -1.58. The van der Waals surface area contributed by atoms with Crippen LogP contribution in [0.15, 0.2) is 0 Å². The van der Waals surface area contributed by atoms with Crippen molar-refractivity contribution in [2.24, 2.45) is 16.7 Å². The van der Waals surface area contributed by atoms with Gasteiger partial charge in [0.15, 0.2) is 0 Å². The Morgan fingerprint density at radius 3 is 1.67 bits per heavy atom. The van der Waals surface area contributed by atoms with Crippen molar-refractivity contribution in [3.05, 3.63) is 0 Å². The maximum absolute atomic E-state index is 11.1. The van der Waals surface area contributed by atoms with Crippen LogP contribution in [0.1, 0.15) is 59.3 Å². The van der Waals surface area contributed by atoms with Crippen LogP contribution in [0.2, 0.25) is 0 Å². The van der Waals surface area contributed by atoms with Crippen LogP contribution in [-0.4, -0.2) is 73.1 Å². The normalized spacial score (nSPS) is 24.8.